The van der Waals surface area contributed by atoms with Crippen molar-refractivity contribution in [3.05, 3.63) is 32.7 Å². The van der Waals surface area contributed by atoms with E-state index >= 15 is 0 Å². The van der Waals surface area contributed by atoms with Crippen LogP contribution >= 0.6 is 31.9 Å². The van der Waals surface area contributed by atoms with Gasteiger partial charge in [0.2, 0.25) is 0 Å². The minimum absolute atomic E-state index is 0.572. The summed E-state index contributed by atoms with van der Waals surface area (Å²) in [7, 11) is 2.07. The zero-order chi connectivity index (χ0) is 14.4. The second-order valence-corrected chi connectivity index (χ2v) is 7.92. The Morgan fingerprint density at radius 2 is 1.85 bits per heavy atom. The van der Waals surface area contributed by atoms with E-state index in [2.05, 4.69) is 62.4 Å². The Morgan fingerprint density at radius 3 is 2.55 bits per heavy atom. The van der Waals surface area contributed by atoms with E-state index in [1.54, 1.807) is 0 Å². The van der Waals surface area contributed by atoms with Crippen LogP contribution in [0.3, 0.4) is 0 Å². The quantitative estimate of drug-likeness (QED) is 0.642. The number of nitrogens with one attached hydrogen (secondary N) is 1. The summed E-state index contributed by atoms with van der Waals surface area (Å²) in [6, 6.07) is 6.52. The van der Waals surface area contributed by atoms with E-state index < -0.39 is 0 Å². The summed E-state index contributed by atoms with van der Waals surface area (Å²) in [4.78, 5) is 0. The predicted octanol–water partition coefficient (Wildman–Crippen LogP) is 5.70. The van der Waals surface area contributed by atoms with Gasteiger partial charge in [-0.3, -0.25) is 0 Å². The zero-order valence-corrected chi connectivity index (χ0v) is 15.5. The molecule has 3 heteroatoms. The summed E-state index contributed by atoms with van der Waals surface area (Å²) in [5.41, 5.74) is 2.01. The van der Waals surface area contributed by atoms with Crippen molar-refractivity contribution in [1.29, 1.82) is 0 Å². The molecule has 0 atom stereocenters. The topological polar surface area (TPSA) is 12.0 Å². The monoisotopic (exact) mass is 401 g/mol. The van der Waals surface area contributed by atoms with E-state index in [0.29, 0.717) is 5.41 Å². The minimum atomic E-state index is 0.572. The maximum absolute atomic E-state index is 3.69. The Labute approximate surface area is 140 Å². The summed E-state index contributed by atoms with van der Waals surface area (Å²) >= 11 is 7.28. The van der Waals surface area contributed by atoms with Gasteiger partial charge in [0, 0.05) is 8.95 Å². The van der Waals surface area contributed by atoms with Gasteiger partial charge in [0.1, 0.15) is 0 Å². The van der Waals surface area contributed by atoms with E-state index in [1.165, 1.54) is 65.9 Å². The second-order valence-electron chi connectivity index (χ2n) is 6.15. The maximum atomic E-state index is 3.69. The van der Waals surface area contributed by atoms with Gasteiger partial charge in [-0.1, -0.05) is 51.1 Å². The summed E-state index contributed by atoms with van der Waals surface area (Å²) in [5.74, 6) is 0. The average molecular weight is 403 g/mol. The first kappa shape index (κ1) is 16.5. The van der Waals surface area contributed by atoms with Crippen LogP contribution in [0.1, 0.15) is 50.5 Å². The van der Waals surface area contributed by atoms with Gasteiger partial charge in [-0.05, 0) is 74.9 Å². The Morgan fingerprint density at radius 1 is 1.10 bits per heavy atom. The Hall–Kier alpha value is 0.140. The molecule has 112 valence electrons. The molecule has 1 fully saturated rings. The molecule has 1 aliphatic rings. The average Bonchev–Trinajstić information content (AvgIpc) is 2.47. The number of benzene rings is 1. The first-order chi connectivity index (χ1) is 9.65. The maximum Gasteiger partial charge on any atom is 0.0208 e. The van der Waals surface area contributed by atoms with Crippen LogP contribution in [-0.4, -0.2) is 13.6 Å². The van der Waals surface area contributed by atoms with Crippen LogP contribution < -0.4 is 5.32 Å². The molecular formula is C17H25Br2N. The molecule has 1 aliphatic carbocycles. The molecule has 0 saturated heterocycles. The van der Waals surface area contributed by atoms with E-state index in [9.17, 15) is 0 Å². The predicted molar refractivity (Wildman–Crippen MR) is 94.2 cm³/mol. The Bertz CT molecular complexity index is 425. The lowest BCUT2D eigenvalue weighted by molar-refractivity contribution is 0.157. The highest BCUT2D eigenvalue weighted by molar-refractivity contribution is 9.11. The smallest absolute Gasteiger partial charge is 0.0208 e. The molecule has 2 rings (SSSR count). The van der Waals surface area contributed by atoms with E-state index in [-0.39, 0.29) is 0 Å². The highest BCUT2D eigenvalue weighted by atomic mass is 79.9. The molecule has 0 spiro atoms. The van der Waals surface area contributed by atoms with Crippen LogP contribution in [0, 0.1) is 5.41 Å². The van der Waals surface area contributed by atoms with E-state index in [4.69, 9.17) is 0 Å². The normalized spacial score (nSPS) is 18.1. The van der Waals surface area contributed by atoms with Crippen molar-refractivity contribution in [2.45, 2.75) is 51.4 Å². The molecule has 0 aromatic heterocycles. The second kappa shape index (κ2) is 7.95. The minimum Gasteiger partial charge on any atom is -0.320 e. The number of aryl methyl sites for hydroxylation is 1. The van der Waals surface area contributed by atoms with Crippen LogP contribution in [0.5, 0.6) is 0 Å². The lowest BCUT2D eigenvalue weighted by Crippen LogP contribution is -2.29. The van der Waals surface area contributed by atoms with Crippen LogP contribution in [0.2, 0.25) is 0 Å². The van der Waals surface area contributed by atoms with Gasteiger partial charge in [0.05, 0.1) is 0 Å². The van der Waals surface area contributed by atoms with Crippen molar-refractivity contribution in [1.82, 2.24) is 5.32 Å². The van der Waals surface area contributed by atoms with Gasteiger partial charge in [-0.25, -0.2) is 0 Å². The van der Waals surface area contributed by atoms with Gasteiger partial charge in [-0.2, -0.15) is 0 Å². The van der Waals surface area contributed by atoms with Crippen molar-refractivity contribution in [3.63, 3.8) is 0 Å². The van der Waals surface area contributed by atoms with Crippen molar-refractivity contribution in [3.8, 4) is 0 Å². The summed E-state index contributed by atoms with van der Waals surface area (Å²) in [6.07, 6.45) is 10.9. The number of halogens is 2. The molecule has 0 radical (unpaired) electrons. The van der Waals surface area contributed by atoms with Crippen LogP contribution in [-0.2, 0) is 6.42 Å². The molecule has 1 N–H and O–H groups in total. The highest BCUT2D eigenvalue weighted by Crippen LogP contribution is 2.43. The van der Waals surface area contributed by atoms with E-state index in [1.807, 2.05) is 0 Å². The highest BCUT2D eigenvalue weighted by Gasteiger charge is 2.31. The fraction of sp³-hybridized carbons (Fsp3) is 0.647. The molecule has 0 aliphatic heterocycles. The molecule has 0 bridgehead atoms. The van der Waals surface area contributed by atoms with Crippen molar-refractivity contribution >= 4 is 31.9 Å². The summed E-state index contributed by atoms with van der Waals surface area (Å²) < 4.78 is 2.43. The Balaban J connectivity index is 2.02. The van der Waals surface area contributed by atoms with Crippen molar-refractivity contribution in [2.24, 2.45) is 5.41 Å². The van der Waals surface area contributed by atoms with Crippen LogP contribution in [0.15, 0.2) is 27.1 Å². The van der Waals surface area contributed by atoms with Crippen LogP contribution in [0.4, 0.5) is 0 Å². The van der Waals surface area contributed by atoms with Gasteiger partial charge >= 0.3 is 0 Å². The fourth-order valence-electron chi connectivity index (χ4n) is 3.45. The Kier molecular flexibility index (Phi) is 6.57. The fourth-order valence-corrected chi connectivity index (χ4v) is 4.31. The first-order valence-electron chi connectivity index (χ1n) is 7.74. The lowest BCUT2D eigenvalue weighted by atomic mass is 9.68. The largest absolute Gasteiger partial charge is 0.320 e. The molecule has 0 amide bonds. The number of rotatable bonds is 6. The summed E-state index contributed by atoms with van der Waals surface area (Å²) in [5, 5.41) is 3.34. The van der Waals surface area contributed by atoms with Gasteiger partial charge in [0.25, 0.3) is 0 Å². The summed E-state index contributed by atoms with van der Waals surface area (Å²) in [6.45, 7) is 1.15. The van der Waals surface area contributed by atoms with Crippen molar-refractivity contribution < 1.29 is 0 Å². The zero-order valence-electron chi connectivity index (χ0n) is 12.4. The molecule has 1 aromatic carbocycles. The lowest BCUT2D eigenvalue weighted by Gasteiger charge is -2.38. The van der Waals surface area contributed by atoms with E-state index in [0.717, 1.165) is 6.54 Å². The standard InChI is InChI=1S/C17H25Br2N/c1-20-12-11-17(8-3-2-4-9-17)10-7-14-13-15(18)5-6-16(14)19/h5-6,13,20H,2-4,7-12H2,1H3. The first-order valence-corrected chi connectivity index (χ1v) is 9.32. The third kappa shape index (κ3) is 4.57. The number of hydrogen-bond donors (Lipinski definition) is 1. The van der Waals surface area contributed by atoms with Crippen LogP contribution in [0.25, 0.3) is 0 Å². The van der Waals surface area contributed by atoms with Gasteiger partial charge in [-0.15, -0.1) is 0 Å². The molecule has 0 heterocycles. The number of hydrogen-bond acceptors (Lipinski definition) is 1. The molecular weight excluding hydrogens is 378 g/mol. The van der Waals surface area contributed by atoms with Gasteiger partial charge < -0.3 is 5.32 Å². The molecule has 1 nitrogen and oxygen atoms in total. The third-order valence-electron chi connectivity index (χ3n) is 4.75. The third-order valence-corrected chi connectivity index (χ3v) is 6.02. The molecule has 1 saturated carbocycles. The van der Waals surface area contributed by atoms with Crippen molar-refractivity contribution in [2.75, 3.05) is 13.6 Å². The molecule has 20 heavy (non-hydrogen) atoms. The molecule has 1 aromatic rings. The van der Waals surface area contributed by atoms with Gasteiger partial charge in [0.15, 0.2) is 0 Å². The SMILES string of the molecule is CNCCC1(CCc2cc(Br)ccc2Br)CCCCC1. The molecule has 0 unspecified atom stereocenters.